The Kier molecular flexibility index (Phi) is 4.98. The molecule has 0 spiro atoms. The maximum Gasteiger partial charge on any atom is 0.231 e. The first-order valence-corrected chi connectivity index (χ1v) is 10.4. The van der Waals surface area contributed by atoms with Crippen molar-refractivity contribution in [1.82, 2.24) is 9.80 Å². The molecule has 0 N–H and O–H groups in total. The highest BCUT2D eigenvalue weighted by atomic mass is 16.7. The molecule has 0 aromatic heterocycles. The SMILES string of the molecule is CCN(C(=O)[C@H]1CC1(C)C)C1CCN(C(=O)CCc2ccc3c(c2)OCO3)C1. The number of fused-ring (bicyclic) bond motifs is 1. The van der Waals surface area contributed by atoms with Gasteiger partial charge in [0.15, 0.2) is 11.5 Å². The number of nitrogens with zero attached hydrogens (tertiary/aromatic N) is 2. The Morgan fingerprint density at radius 1 is 1.25 bits per heavy atom. The third-order valence-electron chi connectivity index (χ3n) is 6.46. The van der Waals surface area contributed by atoms with E-state index in [2.05, 4.69) is 13.8 Å². The number of ether oxygens (including phenoxy) is 2. The average molecular weight is 386 g/mol. The number of benzene rings is 1. The van der Waals surface area contributed by atoms with Crippen LogP contribution in [-0.4, -0.2) is 54.1 Å². The molecule has 1 unspecified atom stereocenters. The molecule has 1 aromatic carbocycles. The fourth-order valence-corrected chi connectivity index (χ4v) is 4.41. The van der Waals surface area contributed by atoms with Crippen molar-refractivity contribution in [1.29, 1.82) is 0 Å². The Balaban J connectivity index is 1.29. The highest BCUT2D eigenvalue weighted by molar-refractivity contribution is 5.83. The van der Waals surface area contributed by atoms with Crippen LogP contribution in [0, 0.1) is 11.3 Å². The minimum Gasteiger partial charge on any atom is -0.454 e. The van der Waals surface area contributed by atoms with E-state index in [0.717, 1.165) is 43.0 Å². The molecule has 2 amide bonds. The molecule has 1 saturated carbocycles. The summed E-state index contributed by atoms with van der Waals surface area (Å²) in [6, 6.07) is 6.00. The van der Waals surface area contributed by atoms with Crippen LogP contribution in [0.15, 0.2) is 18.2 Å². The van der Waals surface area contributed by atoms with Gasteiger partial charge in [-0.05, 0) is 49.3 Å². The summed E-state index contributed by atoms with van der Waals surface area (Å²) in [5.74, 6) is 2.11. The number of hydrogen-bond acceptors (Lipinski definition) is 4. The number of likely N-dealkylation sites (tertiary alicyclic amines) is 1. The molecule has 3 aliphatic rings. The standard InChI is InChI=1S/C22H30N2O4/c1-4-24(21(26)17-12-22(17,2)3)16-9-10-23(13-16)20(25)8-6-15-5-7-18-19(11-15)28-14-27-18/h5,7,11,16-17H,4,6,8-10,12-14H2,1-3H3/t16?,17-/m1/s1. The van der Waals surface area contributed by atoms with E-state index in [0.29, 0.717) is 19.4 Å². The molecule has 1 aromatic rings. The van der Waals surface area contributed by atoms with Crippen molar-refractivity contribution >= 4 is 11.8 Å². The summed E-state index contributed by atoms with van der Waals surface area (Å²) < 4.78 is 10.7. The van der Waals surface area contributed by atoms with Crippen LogP contribution in [0.25, 0.3) is 0 Å². The number of amides is 2. The molecule has 2 aliphatic heterocycles. The molecule has 152 valence electrons. The minimum absolute atomic E-state index is 0.142. The second kappa shape index (κ2) is 7.30. The van der Waals surface area contributed by atoms with E-state index in [-0.39, 0.29) is 36.0 Å². The van der Waals surface area contributed by atoms with E-state index < -0.39 is 0 Å². The van der Waals surface area contributed by atoms with Gasteiger partial charge in [0.05, 0.1) is 6.04 Å². The molecule has 28 heavy (non-hydrogen) atoms. The van der Waals surface area contributed by atoms with E-state index in [1.165, 1.54) is 0 Å². The van der Waals surface area contributed by atoms with E-state index in [4.69, 9.17) is 9.47 Å². The third-order valence-corrected chi connectivity index (χ3v) is 6.46. The lowest BCUT2D eigenvalue weighted by molar-refractivity contribution is -0.136. The number of likely N-dealkylation sites (N-methyl/N-ethyl adjacent to an activating group) is 1. The molecule has 1 saturated heterocycles. The zero-order valence-corrected chi connectivity index (χ0v) is 17.1. The van der Waals surface area contributed by atoms with Crippen molar-refractivity contribution in [2.75, 3.05) is 26.4 Å². The number of rotatable bonds is 6. The molecular formula is C22H30N2O4. The van der Waals surface area contributed by atoms with Crippen LogP contribution < -0.4 is 9.47 Å². The predicted octanol–water partition coefficient (Wildman–Crippen LogP) is 2.84. The molecule has 0 bridgehead atoms. The lowest BCUT2D eigenvalue weighted by Crippen LogP contribution is -2.43. The van der Waals surface area contributed by atoms with Crippen LogP contribution in [-0.2, 0) is 16.0 Å². The van der Waals surface area contributed by atoms with Gasteiger partial charge in [-0.2, -0.15) is 0 Å². The van der Waals surface area contributed by atoms with E-state index in [1.54, 1.807) is 0 Å². The van der Waals surface area contributed by atoms with Crippen molar-refractivity contribution in [2.45, 2.75) is 52.5 Å². The Morgan fingerprint density at radius 3 is 2.71 bits per heavy atom. The van der Waals surface area contributed by atoms with Gasteiger partial charge in [0.1, 0.15) is 0 Å². The van der Waals surface area contributed by atoms with Crippen molar-refractivity contribution in [3.8, 4) is 11.5 Å². The van der Waals surface area contributed by atoms with Gasteiger partial charge < -0.3 is 19.3 Å². The van der Waals surface area contributed by atoms with E-state index in [1.807, 2.05) is 34.9 Å². The topological polar surface area (TPSA) is 59.1 Å². The second-order valence-electron chi connectivity index (χ2n) is 8.84. The maximum atomic E-state index is 12.8. The van der Waals surface area contributed by atoms with E-state index >= 15 is 0 Å². The number of carbonyl (C=O) groups excluding carboxylic acids is 2. The van der Waals surface area contributed by atoms with Crippen LogP contribution in [0.3, 0.4) is 0 Å². The van der Waals surface area contributed by atoms with Crippen LogP contribution >= 0.6 is 0 Å². The van der Waals surface area contributed by atoms with Gasteiger partial charge >= 0.3 is 0 Å². The molecule has 2 atom stereocenters. The summed E-state index contributed by atoms with van der Waals surface area (Å²) in [5.41, 5.74) is 1.22. The summed E-state index contributed by atoms with van der Waals surface area (Å²) in [6.07, 6.45) is 3.02. The van der Waals surface area contributed by atoms with Gasteiger partial charge in [0.25, 0.3) is 0 Å². The van der Waals surface area contributed by atoms with Gasteiger partial charge in [-0.3, -0.25) is 9.59 Å². The number of hydrogen-bond donors (Lipinski definition) is 0. The first-order valence-electron chi connectivity index (χ1n) is 10.4. The first kappa shape index (κ1) is 19.1. The zero-order valence-electron chi connectivity index (χ0n) is 17.1. The zero-order chi connectivity index (χ0) is 19.9. The number of aryl methyl sites for hydroxylation is 1. The Morgan fingerprint density at radius 2 is 2.00 bits per heavy atom. The van der Waals surface area contributed by atoms with Crippen molar-refractivity contribution in [3.05, 3.63) is 23.8 Å². The second-order valence-corrected chi connectivity index (χ2v) is 8.84. The largest absolute Gasteiger partial charge is 0.454 e. The first-order chi connectivity index (χ1) is 13.4. The molecule has 6 heteroatoms. The highest BCUT2D eigenvalue weighted by Gasteiger charge is 2.52. The van der Waals surface area contributed by atoms with Gasteiger partial charge in [-0.15, -0.1) is 0 Å². The molecule has 2 fully saturated rings. The fraction of sp³-hybridized carbons (Fsp3) is 0.636. The summed E-state index contributed by atoms with van der Waals surface area (Å²) >= 11 is 0. The molecule has 4 rings (SSSR count). The monoisotopic (exact) mass is 386 g/mol. The van der Waals surface area contributed by atoms with E-state index in [9.17, 15) is 9.59 Å². The molecule has 0 radical (unpaired) electrons. The Labute approximate surface area is 166 Å². The predicted molar refractivity (Wildman–Crippen MR) is 105 cm³/mol. The summed E-state index contributed by atoms with van der Waals surface area (Å²) in [6.45, 7) is 8.73. The molecular weight excluding hydrogens is 356 g/mol. The molecule has 1 aliphatic carbocycles. The summed E-state index contributed by atoms with van der Waals surface area (Å²) in [7, 11) is 0. The van der Waals surface area contributed by atoms with Gasteiger partial charge in [0, 0.05) is 32.0 Å². The normalized spacial score (nSPS) is 24.3. The van der Waals surface area contributed by atoms with Gasteiger partial charge in [-0.25, -0.2) is 0 Å². The fourth-order valence-electron chi connectivity index (χ4n) is 4.41. The van der Waals surface area contributed by atoms with Crippen LogP contribution in [0.2, 0.25) is 0 Å². The quantitative estimate of drug-likeness (QED) is 0.754. The summed E-state index contributed by atoms with van der Waals surface area (Å²) in [4.78, 5) is 29.4. The lowest BCUT2D eigenvalue weighted by Gasteiger charge is -2.28. The maximum absolute atomic E-state index is 12.8. The van der Waals surface area contributed by atoms with Gasteiger partial charge in [0.2, 0.25) is 18.6 Å². The lowest BCUT2D eigenvalue weighted by atomic mass is 10.1. The van der Waals surface area contributed by atoms with Crippen molar-refractivity contribution < 1.29 is 19.1 Å². The Hall–Kier alpha value is -2.24. The molecule has 2 heterocycles. The minimum atomic E-state index is 0.142. The van der Waals surface area contributed by atoms with Crippen LogP contribution in [0.4, 0.5) is 0 Å². The van der Waals surface area contributed by atoms with Crippen molar-refractivity contribution in [3.63, 3.8) is 0 Å². The van der Waals surface area contributed by atoms with Crippen LogP contribution in [0.1, 0.15) is 45.6 Å². The summed E-state index contributed by atoms with van der Waals surface area (Å²) in [5, 5.41) is 0. The van der Waals surface area contributed by atoms with Crippen molar-refractivity contribution in [2.24, 2.45) is 11.3 Å². The smallest absolute Gasteiger partial charge is 0.231 e. The number of carbonyl (C=O) groups is 2. The third kappa shape index (κ3) is 3.69. The highest BCUT2D eigenvalue weighted by Crippen LogP contribution is 2.52. The molecule has 6 nitrogen and oxygen atoms in total. The Bertz CT molecular complexity index is 776. The van der Waals surface area contributed by atoms with Crippen LogP contribution in [0.5, 0.6) is 11.5 Å². The van der Waals surface area contributed by atoms with Gasteiger partial charge in [-0.1, -0.05) is 19.9 Å². The average Bonchev–Trinajstić information content (AvgIpc) is 3.07.